The van der Waals surface area contributed by atoms with Gasteiger partial charge in [0.25, 0.3) is 0 Å². The van der Waals surface area contributed by atoms with E-state index < -0.39 is 0 Å². The summed E-state index contributed by atoms with van der Waals surface area (Å²) < 4.78 is 0. The maximum Gasteiger partial charge on any atom is 0.0246 e. The molecule has 0 aliphatic heterocycles. The molecule has 0 aromatic rings. The van der Waals surface area contributed by atoms with Gasteiger partial charge < -0.3 is 5.32 Å². The van der Waals surface area contributed by atoms with E-state index in [2.05, 4.69) is 32.6 Å². The zero-order valence-corrected chi connectivity index (χ0v) is 5.36. The summed E-state index contributed by atoms with van der Waals surface area (Å²) in [5, 5.41) is 3.12. The zero-order valence-electron chi connectivity index (χ0n) is 5.36. The van der Waals surface area contributed by atoms with Gasteiger partial charge in [-0.2, -0.15) is 0 Å². The highest BCUT2D eigenvalue weighted by molar-refractivity contribution is 4.63. The van der Waals surface area contributed by atoms with Crippen LogP contribution in [0, 0.1) is 12.5 Å². The Morgan fingerprint density at radius 3 is 2.29 bits per heavy atom. The quantitative estimate of drug-likeness (QED) is 0.565. The summed E-state index contributed by atoms with van der Waals surface area (Å²) in [7, 11) is 0. The minimum absolute atomic E-state index is 0.667. The molecule has 0 rings (SSSR count). The van der Waals surface area contributed by atoms with E-state index in [0.717, 1.165) is 6.54 Å². The van der Waals surface area contributed by atoms with Crippen molar-refractivity contribution in [1.29, 1.82) is 0 Å². The highest BCUT2D eigenvalue weighted by Gasteiger charge is 1.87. The van der Waals surface area contributed by atoms with Crippen LogP contribution in [0.5, 0.6) is 0 Å². The molecule has 7 heavy (non-hydrogen) atoms. The summed E-state index contributed by atoms with van der Waals surface area (Å²) in [4.78, 5) is 0. The molecule has 0 unspecified atom stereocenters. The summed E-state index contributed by atoms with van der Waals surface area (Å²) >= 11 is 0. The monoisotopic (exact) mass is 100 g/mol. The van der Waals surface area contributed by atoms with Crippen molar-refractivity contribution < 1.29 is 0 Å². The first-order valence-electron chi connectivity index (χ1n) is 2.84. The molecule has 0 saturated heterocycles. The van der Waals surface area contributed by atoms with Crippen molar-refractivity contribution in [1.82, 2.24) is 5.32 Å². The van der Waals surface area contributed by atoms with Gasteiger partial charge in [-0.1, -0.05) is 20.8 Å². The Kier molecular flexibility index (Phi) is 4.10. The molecule has 0 aromatic carbocycles. The van der Waals surface area contributed by atoms with Crippen LogP contribution in [0.15, 0.2) is 0 Å². The van der Waals surface area contributed by atoms with Crippen LogP contribution in [0.4, 0.5) is 0 Å². The second-order valence-corrected chi connectivity index (χ2v) is 1.97. The first-order chi connectivity index (χ1) is 3.27. The van der Waals surface area contributed by atoms with E-state index in [1.807, 2.05) is 0 Å². The molecule has 1 N–H and O–H groups in total. The molecule has 0 spiro atoms. The van der Waals surface area contributed by atoms with Gasteiger partial charge in [-0.3, -0.25) is 0 Å². The Bertz CT molecular complexity index is 33.2. The topological polar surface area (TPSA) is 12.0 Å². The summed E-state index contributed by atoms with van der Waals surface area (Å²) in [6.45, 7) is 9.54. The van der Waals surface area contributed by atoms with E-state index in [9.17, 15) is 0 Å². The molecule has 1 radical (unpaired) electrons. The van der Waals surface area contributed by atoms with Crippen LogP contribution in [0.1, 0.15) is 20.8 Å². The average molecular weight is 100 g/mol. The van der Waals surface area contributed by atoms with Crippen molar-refractivity contribution in [3.8, 4) is 0 Å². The van der Waals surface area contributed by atoms with Crippen LogP contribution >= 0.6 is 0 Å². The normalized spacial score (nSPS) is 10.3. The lowest BCUT2D eigenvalue weighted by Gasteiger charge is -2.01. The van der Waals surface area contributed by atoms with Crippen LogP contribution in [-0.4, -0.2) is 6.54 Å². The van der Waals surface area contributed by atoms with Crippen molar-refractivity contribution in [2.45, 2.75) is 20.8 Å². The van der Waals surface area contributed by atoms with Crippen molar-refractivity contribution in [3.05, 3.63) is 6.54 Å². The maximum atomic E-state index is 3.12. The van der Waals surface area contributed by atoms with E-state index >= 15 is 0 Å². The fourth-order valence-electron chi connectivity index (χ4n) is 0.354. The number of rotatable bonds is 3. The molecule has 0 heterocycles. The molecule has 1 nitrogen and oxygen atoms in total. The molecule has 1 heteroatoms. The third kappa shape index (κ3) is 5.96. The number of hydrogen-bond donors (Lipinski definition) is 1. The van der Waals surface area contributed by atoms with Gasteiger partial charge in [0.1, 0.15) is 0 Å². The molecule has 0 bridgehead atoms. The second-order valence-electron chi connectivity index (χ2n) is 1.97. The summed E-state index contributed by atoms with van der Waals surface area (Å²) in [5.41, 5.74) is 0. The highest BCUT2D eigenvalue weighted by atomic mass is 14.8. The summed E-state index contributed by atoms with van der Waals surface area (Å²) in [6, 6.07) is 0. The van der Waals surface area contributed by atoms with Gasteiger partial charge in [-0.15, -0.1) is 0 Å². The molecule has 0 fully saturated rings. The Morgan fingerprint density at radius 2 is 2.14 bits per heavy atom. The Morgan fingerprint density at radius 1 is 1.57 bits per heavy atom. The van der Waals surface area contributed by atoms with Gasteiger partial charge in [0.05, 0.1) is 0 Å². The van der Waals surface area contributed by atoms with E-state index in [4.69, 9.17) is 0 Å². The predicted octanol–water partition coefficient (Wildman–Crippen LogP) is 1.41. The standard InChI is InChI=1S/C6H14N/c1-4-7-5-6(2)3/h5-7H,4H2,1-3H3. The minimum Gasteiger partial charge on any atom is -0.312 e. The summed E-state index contributed by atoms with van der Waals surface area (Å²) in [5.74, 6) is 0.667. The van der Waals surface area contributed by atoms with E-state index in [1.54, 1.807) is 0 Å². The molecular weight excluding hydrogens is 86.1 g/mol. The van der Waals surface area contributed by atoms with Crippen molar-refractivity contribution >= 4 is 0 Å². The SMILES string of the molecule is CCN[CH]C(C)C. The average Bonchev–Trinajstić information content (AvgIpc) is 1.61. The maximum absolute atomic E-state index is 3.12. The van der Waals surface area contributed by atoms with Crippen LogP contribution in [0.3, 0.4) is 0 Å². The molecule has 43 valence electrons. The van der Waals surface area contributed by atoms with Gasteiger partial charge in [-0.25, -0.2) is 0 Å². The lowest BCUT2D eigenvalue weighted by Crippen LogP contribution is -2.11. The fraction of sp³-hybridized carbons (Fsp3) is 0.833. The van der Waals surface area contributed by atoms with Gasteiger partial charge in [0, 0.05) is 6.54 Å². The molecular formula is C6H14N. The van der Waals surface area contributed by atoms with Gasteiger partial charge in [-0.05, 0) is 12.5 Å². The van der Waals surface area contributed by atoms with Gasteiger partial charge in [0.2, 0.25) is 0 Å². The smallest absolute Gasteiger partial charge is 0.0246 e. The predicted molar refractivity (Wildman–Crippen MR) is 32.8 cm³/mol. The fourth-order valence-corrected chi connectivity index (χ4v) is 0.354. The number of hydrogen-bond acceptors (Lipinski definition) is 1. The third-order valence-corrected chi connectivity index (χ3v) is 0.655. The Labute approximate surface area is 46.1 Å². The van der Waals surface area contributed by atoms with Crippen LogP contribution < -0.4 is 5.32 Å². The van der Waals surface area contributed by atoms with Crippen molar-refractivity contribution in [2.24, 2.45) is 5.92 Å². The first kappa shape index (κ1) is 6.96. The minimum atomic E-state index is 0.667. The molecule has 0 aliphatic carbocycles. The van der Waals surface area contributed by atoms with Gasteiger partial charge >= 0.3 is 0 Å². The van der Waals surface area contributed by atoms with Crippen molar-refractivity contribution in [3.63, 3.8) is 0 Å². The Hall–Kier alpha value is -0.0400. The van der Waals surface area contributed by atoms with E-state index in [0.29, 0.717) is 5.92 Å². The largest absolute Gasteiger partial charge is 0.312 e. The van der Waals surface area contributed by atoms with Crippen LogP contribution in [0.25, 0.3) is 0 Å². The number of nitrogens with one attached hydrogen (secondary N) is 1. The molecule has 0 amide bonds. The molecule has 0 atom stereocenters. The molecule has 0 aliphatic rings. The lowest BCUT2D eigenvalue weighted by molar-refractivity contribution is 0.657. The van der Waals surface area contributed by atoms with E-state index in [1.165, 1.54) is 0 Å². The molecule has 0 saturated carbocycles. The summed E-state index contributed by atoms with van der Waals surface area (Å²) in [6.07, 6.45) is 0. The lowest BCUT2D eigenvalue weighted by atomic mass is 10.2. The highest BCUT2D eigenvalue weighted by Crippen LogP contribution is 1.90. The van der Waals surface area contributed by atoms with Crippen LogP contribution in [0.2, 0.25) is 0 Å². The van der Waals surface area contributed by atoms with Crippen molar-refractivity contribution in [2.75, 3.05) is 6.54 Å². The van der Waals surface area contributed by atoms with E-state index in [-0.39, 0.29) is 0 Å². The van der Waals surface area contributed by atoms with Crippen LogP contribution in [-0.2, 0) is 0 Å². The second kappa shape index (κ2) is 4.13. The first-order valence-corrected chi connectivity index (χ1v) is 2.84. The Balaban J connectivity index is 2.68. The zero-order chi connectivity index (χ0) is 5.70. The van der Waals surface area contributed by atoms with Gasteiger partial charge in [0.15, 0.2) is 0 Å². The molecule has 0 aromatic heterocycles. The third-order valence-electron chi connectivity index (χ3n) is 0.655.